The molecular formula is C32H35N3O3. The molecule has 0 unspecified atom stereocenters. The lowest BCUT2D eigenvalue weighted by Crippen LogP contribution is -2.42. The van der Waals surface area contributed by atoms with Gasteiger partial charge in [-0.2, -0.15) is 0 Å². The van der Waals surface area contributed by atoms with Gasteiger partial charge in [0.05, 0.1) is 12.2 Å². The Morgan fingerprint density at radius 3 is 2.66 bits per heavy atom. The van der Waals surface area contributed by atoms with Crippen molar-refractivity contribution in [2.45, 2.75) is 45.7 Å². The van der Waals surface area contributed by atoms with Crippen LogP contribution in [0.25, 0.3) is 6.08 Å². The average molecular weight is 510 g/mol. The van der Waals surface area contributed by atoms with Crippen molar-refractivity contribution < 1.29 is 14.3 Å². The molecule has 0 bridgehead atoms. The first kappa shape index (κ1) is 25.7. The lowest BCUT2D eigenvalue weighted by Gasteiger charge is -2.33. The van der Waals surface area contributed by atoms with Gasteiger partial charge in [-0.25, -0.2) is 0 Å². The van der Waals surface area contributed by atoms with Crippen LogP contribution in [-0.2, 0) is 11.3 Å². The van der Waals surface area contributed by atoms with Crippen LogP contribution in [0.5, 0.6) is 5.75 Å². The molecule has 2 heterocycles. The van der Waals surface area contributed by atoms with Crippen molar-refractivity contribution in [1.29, 1.82) is 0 Å². The van der Waals surface area contributed by atoms with Gasteiger partial charge in [0.25, 0.3) is 11.8 Å². The molecule has 3 aromatic rings. The Hall–Kier alpha value is -3.90. The molecule has 1 N–H and O–H groups in total. The molecule has 1 saturated heterocycles. The van der Waals surface area contributed by atoms with Gasteiger partial charge in [0.1, 0.15) is 0 Å². The molecule has 2 aliphatic heterocycles. The van der Waals surface area contributed by atoms with Gasteiger partial charge in [0, 0.05) is 24.7 Å². The van der Waals surface area contributed by atoms with E-state index in [0.717, 1.165) is 35.5 Å². The summed E-state index contributed by atoms with van der Waals surface area (Å²) in [4.78, 5) is 30.4. The van der Waals surface area contributed by atoms with Crippen molar-refractivity contribution in [3.8, 4) is 5.75 Å². The predicted octanol–water partition coefficient (Wildman–Crippen LogP) is 5.57. The number of piperidine rings is 1. The molecule has 0 saturated carbocycles. The highest BCUT2D eigenvalue weighted by Gasteiger charge is 2.30. The van der Waals surface area contributed by atoms with Gasteiger partial charge in [0.2, 0.25) is 0 Å². The van der Waals surface area contributed by atoms with Gasteiger partial charge >= 0.3 is 0 Å². The van der Waals surface area contributed by atoms with Crippen LogP contribution >= 0.6 is 0 Å². The summed E-state index contributed by atoms with van der Waals surface area (Å²) in [6.07, 6.45) is 5.49. The number of fused-ring (bicyclic) bond motifs is 1. The van der Waals surface area contributed by atoms with Crippen molar-refractivity contribution in [2.75, 3.05) is 24.5 Å². The number of amides is 2. The monoisotopic (exact) mass is 509 g/mol. The minimum atomic E-state index is -0.195. The number of anilines is 1. The van der Waals surface area contributed by atoms with Crippen LogP contribution in [0.1, 0.15) is 53.2 Å². The Balaban J connectivity index is 1.27. The Morgan fingerprint density at radius 2 is 1.87 bits per heavy atom. The fraction of sp³-hybridized carbons (Fsp3) is 0.312. The summed E-state index contributed by atoms with van der Waals surface area (Å²) in [5.41, 5.74) is 4.35. The molecule has 6 nitrogen and oxygen atoms in total. The van der Waals surface area contributed by atoms with Gasteiger partial charge in [-0.3, -0.25) is 19.4 Å². The SMILES string of the molecule is Cc1cccc(CN2C(=O)/C(=C\c3ccc(C(=O)NCCN4CCCC[C@@H]4C)cc3)Oc3ccccc32)c1. The van der Waals surface area contributed by atoms with E-state index in [1.165, 1.54) is 19.3 Å². The van der Waals surface area contributed by atoms with Gasteiger partial charge in [-0.15, -0.1) is 0 Å². The Morgan fingerprint density at radius 1 is 1.05 bits per heavy atom. The summed E-state index contributed by atoms with van der Waals surface area (Å²) in [6.45, 7) is 7.37. The number of carbonyl (C=O) groups excluding carboxylic acids is 2. The molecule has 2 amide bonds. The van der Waals surface area contributed by atoms with Crippen LogP contribution in [0.3, 0.4) is 0 Å². The number of aryl methyl sites for hydroxylation is 1. The third-order valence-electron chi connectivity index (χ3n) is 7.35. The van der Waals surface area contributed by atoms with Gasteiger partial charge < -0.3 is 10.1 Å². The molecule has 0 radical (unpaired) electrons. The van der Waals surface area contributed by atoms with Crippen LogP contribution in [0.15, 0.2) is 78.6 Å². The highest BCUT2D eigenvalue weighted by Crippen LogP contribution is 2.36. The standard InChI is InChI=1S/C32H35N3O3/c1-23-8-7-10-26(20-23)22-35-28-11-3-4-12-29(28)38-30(32(35)37)21-25-13-15-27(16-14-25)31(36)33-17-19-34-18-6-5-9-24(34)2/h3-4,7-8,10-16,20-21,24H,5-6,9,17-19,22H2,1-2H3,(H,33,36)/b30-21+/t24-/m0/s1. The summed E-state index contributed by atoms with van der Waals surface area (Å²) >= 11 is 0. The third kappa shape index (κ3) is 5.97. The first-order valence-electron chi connectivity index (χ1n) is 13.5. The molecule has 0 aromatic heterocycles. The topological polar surface area (TPSA) is 61.9 Å². The number of carbonyl (C=O) groups is 2. The minimum Gasteiger partial charge on any atom is -0.449 e. The number of benzene rings is 3. The Labute approximate surface area is 224 Å². The molecule has 0 aliphatic carbocycles. The van der Waals surface area contributed by atoms with Crippen LogP contribution in [0.4, 0.5) is 5.69 Å². The molecule has 3 aromatic carbocycles. The van der Waals surface area contributed by atoms with Crippen molar-refractivity contribution in [3.63, 3.8) is 0 Å². The maximum absolute atomic E-state index is 13.5. The first-order chi connectivity index (χ1) is 18.5. The van der Waals surface area contributed by atoms with Gasteiger partial charge in [-0.1, -0.05) is 60.5 Å². The quantitative estimate of drug-likeness (QED) is 0.423. The normalized spacial score (nSPS) is 18.7. The number of nitrogens with zero attached hydrogens (tertiary/aromatic N) is 2. The van der Waals surface area contributed by atoms with Crippen molar-refractivity contribution in [3.05, 3.63) is 101 Å². The summed E-state index contributed by atoms with van der Waals surface area (Å²) in [5, 5.41) is 3.04. The lowest BCUT2D eigenvalue weighted by molar-refractivity contribution is -0.117. The maximum Gasteiger partial charge on any atom is 0.294 e. The second-order valence-electron chi connectivity index (χ2n) is 10.2. The molecule has 5 rings (SSSR count). The van der Waals surface area contributed by atoms with Gasteiger partial charge in [0.15, 0.2) is 11.5 Å². The fourth-order valence-electron chi connectivity index (χ4n) is 5.20. The van der Waals surface area contributed by atoms with E-state index >= 15 is 0 Å². The van der Waals surface area contributed by atoms with E-state index in [1.807, 2.05) is 61.5 Å². The maximum atomic E-state index is 13.5. The van der Waals surface area contributed by atoms with Crippen molar-refractivity contribution in [2.24, 2.45) is 0 Å². The molecule has 1 fully saturated rings. The van der Waals surface area contributed by atoms with Crippen molar-refractivity contribution >= 4 is 23.6 Å². The molecule has 1 atom stereocenters. The van der Waals surface area contributed by atoms with E-state index in [-0.39, 0.29) is 17.6 Å². The highest BCUT2D eigenvalue weighted by molar-refractivity contribution is 6.09. The average Bonchev–Trinajstić information content (AvgIpc) is 2.92. The first-order valence-corrected chi connectivity index (χ1v) is 13.5. The smallest absolute Gasteiger partial charge is 0.294 e. The fourth-order valence-corrected chi connectivity index (χ4v) is 5.20. The number of nitrogens with one attached hydrogen (secondary N) is 1. The predicted molar refractivity (Wildman–Crippen MR) is 151 cm³/mol. The Kier molecular flexibility index (Phi) is 7.89. The van der Waals surface area contributed by atoms with E-state index in [4.69, 9.17) is 4.74 Å². The molecule has 196 valence electrons. The van der Waals surface area contributed by atoms with Crippen molar-refractivity contribution in [1.82, 2.24) is 10.2 Å². The number of para-hydroxylation sites is 2. The summed E-state index contributed by atoms with van der Waals surface area (Å²) in [6, 6.07) is 23.6. The third-order valence-corrected chi connectivity index (χ3v) is 7.35. The second kappa shape index (κ2) is 11.7. The molecule has 2 aliphatic rings. The summed E-state index contributed by atoms with van der Waals surface area (Å²) in [7, 11) is 0. The zero-order chi connectivity index (χ0) is 26.5. The number of likely N-dealkylation sites (tertiary alicyclic amines) is 1. The number of hydrogen-bond acceptors (Lipinski definition) is 4. The van der Waals surface area contributed by atoms with Crippen LogP contribution in [-0.4, -0.2) is 42.4 Å². The zero-order valence-corrected chi connectivity index (χ0v) is 22.2. The van der Waals surface area contributed by atoms with Crippen LogP contribution < -0.4 is 15.0 Å². The zero-order valence-electron chi connectivity index (χ0n) is 22.2. The van der Waals surface area contributed by atoms with E-state index in [1.54, 1.807) is 23.1 Å². The molecule has 38 heavy (non-hydrogen) atoms. The van der Waals surface area contributed by atoms with Crippen LogP contribution in [0.2, 0.25) is 0 Å². The molecular weight excluding hydrogens is 474 g/mol. The van der Waals surface area contributed by atoms with E-state index in [9.17, 15) is 9.59 Å². The van der Waals surface area contributed by atoms with Gasteiger partial charge in [-0.05, 0) is 74.7 Å². The number of hydrogen-bond donors (Lipinski definition) is 1. The van der Waals surface area contributed by atoms with E-state index < -0.39 is 0 Å². The second-order valence-corrected chi connectivity index (χ2v) is 10.2. The molecule has 6 heteroatoms. The summed E-state index contributed by atoms with van der Waals surface area (Å²) < 4.78 is 6.02. The lowest BCUT2D eigenvalue weighted by atomic mass is 10.0. The summed E-state index contributed by atoms with van der Waals surface area (Å²) in [5.74, 6) is 0.616. The number of rotatable bonds is 7. The van der Waals surface area contributed by atoms with E-state index in [0.29, 0.717) is 30.4 Å². The Bertz CT molecular complexity index is 1330. The van der Waals surface area contributed by atoms with Crippen LogP contribution in [0, 0.1) is 6.92 Å². The number of ether oxygens (including phenoxy) is 1. The van der Waals surface area contributed by atoms with E-state index in [2.05, 4.69) is 23.2 Å². The largest absolute Gasteiger partial charge is 0.449 e. The minimum absolute atomic E-state index is 0.0860. The highest BCUT2D eigenvalue weighted by atomic mass is 16.5. The molecule has 0 spiro atoms.